The number of urea groups is 1. The summed E-state index contributed by atoms with van der Waals surface area (Å²) in [5, 5.41) is 11.3. The van der Waals surface area contributed by atoms with Crippen LogP contribution in [0, 0.1) is 11.2 Å². The second-order valence-electron chi connectivity index (χ2n) is 9.89. The number of benzene rings is 1. The molecule has 3 N–H and O–H groups in total. The third-order valence-electron chi connectivity index (χ3n) is 6.56. The van der Waals surface area contributed by atoms with Crippen molar-refractivity contribution in [2.24, 2.45) is 11.1 Å². The van der Waals surface area contributed by atoms with Crippen molar-refractivity contribution in [3.8, 4) is 0 Å². The molecule has 2 aliphatic rings. The van der Waals surface area contributed by atoms with Crippen molar-refractivity contribution in [2.75, 3.05) is 6.54 Å². The molecule has 32 heavy (non-hydrogen) atoms. The highest BCUT2D eigenvalue weighted by molar-refractivity contribution is 5.87. The summed E-state index contributed by atoms with van der Waals surface area (Å²) in [7, 11) is 0. The number of fused-ring (bicyclic) bond motifs is 1. The molecule has 2 unspecified atom stereocenters. The highest BCUT2D eigenvalue weighted by Gasteiger charge is 2.39. The normalized spacial score (nSPS) is 21.4. The number of hydrogen-bond donors (Lipinski definition) is 2. The third-order valence-corrected chi connectivity index (χ3v) is 6.56. The lowest BCUT2D eigenvalue weighted by Crippen LogP contribution is -2.57. The number of nitrogens with two attached hydrogens (primary N) is 1. The molecule has 3 amide bonds. The summed E-state index contributed by atoms with van der Waals surface area (Å²) in [6.45, 7) is 6.36. The van der Waals surface area contributed by atoms with Gasteiger partial charge >= 0.3 is 6.03 Å². The lowest BCUT2D eigenvalue weighted by Gasteiger charge is -2.35. The Morgan fingerprint density at radius 1 is 1.31 bits per heavy atom. The van der Waals surface area contributed by atoms with E-state index in [1.807, 2.05) is 42.6 Å². The topological polar surface area (TPSA) is 106 Å². The fourth-order valence-electron chi connectivity index (χ4n) is 4.96. The molecule has 0 saturated carbocycles. The second kappa shape index (κ2) is 8.52. The predicted octanol–water partition coefficient (Wildman–Crippen LogP) is 2.57. The van der Waals surface area contributed by atoms with Crippen molar-refractivity contribution in [3.05, 3.63) is 47.0 Å². The van der Waals surface area contributed by atoms with E-state index in [9.17, 15) is 14.0 Å². The molecule has 1 aromatic heterocycles. The molecule has 0 spiro atoms. The van der Waals surface area contributed by atoms with Crippen LogP contribution in [0.4, 0.5) is 9.18 Å². The molecular weight excluding hydrogens is 411 g/mol. The number of carbonyl (C=O) groups is 2. The molecule has 172 valence electrons. The van der Waals surface area contributed by atoms with Gasteiger partial charge in [-0.05, 0) is 48.3 Å². The zero-order chi connectivity index (χ0) is 23.0. The summed E-state index contributed by atoms with van der Waals surface area (Å²) in [5.74, 6) is -0.283. The molecular formula is C23H31FN6O2. The minimum absolute atomic E-state index is 0.0134. The zero-order valence-corrected chi connectivity index (χ0v) is 18.8. The minimum atomic E-state index is -0.703. The maximum Gasteiger partial charge on any atom is 0.312 e. The number of nitrogens with one attached hydrogen (secondary N) is 1. The van der Waals surface area contributed by atoms with Gasteiger partial charge in [-0.1, -0.05) is 38.1 Å². The van der Waals surface area contributed by atoms with Gasteiger partial charge in [0.2, 0.25) is 5.91 Å². The minimum Gasteiger partial charge on any atom is -0.352 e. The third kappa shape index (κ3) is 4.33. The van der Waals surface area contributed by atoms with Gasteiger partial charge in [-0.25, -0.2) is 13.9 Å². The van der Waals surface area contributed by atoms with Crippen LogP contribution in [0.5, 0.6) is 0 Å². The number of aromatic nitrogens is 3. The number of amides is 3. The Hall–Kier alpha value is -2.97. The molecule has 0 radical (unpaired) electrons. The van der Waals surface area contributed by atoms with Crippen LogP contribution in [0.25, 0.3) is 0 Å². The van der Waals surface area contributed by atoms with Crippen molar-refractivity contribution in [1.29, 1.82) is 0 Å². The van der Waals surface area contributed by atoms with Gasteiger partial charge in [0.25, 0.3) is 0 Å². The lowest BCUT2D eigenvalue weighted by molar-refractivity contribution is -0.136. The van der Waals surface area contributed by atoms with E-state index in [0.717, 1.165) is 36.1 Å². The molecule has 2 heterocycles. The maximum atomic E-state index is 14.1. The number of rotatable bonds is 5. The average molecular weight is 443 g/mol. The molecule has 1 aliphatic carbocycles. The van der Waals surface area contributed by atoms with Gasteiger partial charge in [0, 0.05) is 25.2 Å². The van der Waals surface area contributed by atoms with Crippen LogP contribution in [-0.4, -0.2) is 50.5 Å². The van der Waals surface area contributed by atoms with E-state index in [2.05, 4.69) is 15.6 Å². The SMILES string of the molecule is CC(C)(C)C(NC(N)=O)C(=O)N1CCCC1Cc1cn([C@@H]2CCc3c(F)cccc32)nn1. The number of primary amides is 1. The zero-order valence-electron chi connectivity index (χ0n) is 18.8. The summed E-state index contributed by atoms with van der Waals surface area (Å²) >= 11 is 0. The largest absolute Gasteiger partial charge is 0.352 e. The number of likely N-dealkylation sites (tertiary alicyclic amines) is 1. The summed E-state index contributed by atoms with van der Waals surface area (Å²) in [6.07, 6.45) is 5.74. The molecule has 0 bridgehead atoms. The van der Waals surface area contributed by atoms with Crippen molar-refractivity contribution >= 4 is 11.9 Å². The van der Waals surface area contributed by atoms with Crippen LogP contribution in [0.1, 0.15) is 62.9 Å². The van der Waals surface area contributed by atoms with Crippen molar-refractivity contribution in [3.63, 3.8) is 0 Å². The molecule has 1 aromatic carbocycles. The first-order valence-electron chi connectivity index (χ1n) is 11.2. The summed E-state index contributed by atoms with van der Waals surface area (Å²) < 4.78 is 15.9. The van der Waals surface area contributed by atoms with Crippen LogP contribution in [0.3, 0.4) is 0 Å². The van der Waals surface area contributed by atoms with Crippen LogP contribution < -0.4 is 11.1 Å². The Bertz CT molecular complexity index is 1010. The first-order valence-corrected chi connectivity index (χ1v) is 11.2. The molecule has 2 aromatic rings. The van der Waals surface area contributed by atoms with Gasteiger partial charge in [-0.3, -0.25) is 4.79 Å². The van der Waals surface area contributed by atoms with Crippen molar-refractivity contribution in [2.45, 2.75) is 71.0 Å². The number of halogens is 1. The van der Waals surface area contributed by atoms with Crippen molar-refractivity contribution < 1.29 is 14.0 Å². The standard InChI is InChI=1S/C23H31FN6O2/c1-23(2,3)20(26-22(25)32)21(31)29-11-5-6-15(29)12-14-13-30(28-27-14)19-10-9-16-17(19)7-4-8-18(16)24/h4,7-8,13,15,19-20H,5-6,9-12H2,1-3H3,(H3,25,26,32)/t15?,19-,20?/m1/s1. The highest BCUT2D eigenvalue weighted by atomic mass is 19.1. The van der Waals surface area contributed by atoms with Gasteiger partial charge in [0.05, 0.1) is 11.7 Å². The van der Waals surface area contributed by atoms with Gasteiger partial charge in [-0.2, -0.15) is 0 Å². The first-order chi connectivity index (χ1) is 15.1. The molecule has 4 rings (SSSR count). The van der Waals surface area contributed by atoms with Crippen molar-refractivity contribution in [1.82, 2.24) is 25.2 Å². The van der Waals surface area contributed by atoms with E-state index in [1.54, 1.807) is 6.07 Å². The van der Waals surface area contributed by atoms with E-state index in [4.69, 9.17) is 5.73 Å². The van der Waals surface area contributed by atoms with Crippen LogP contribution in [0.15, 0.2) is 24.4 Å². The Labute approximate surface area is 187 Å². The Balaban J connectivity index is 1.48. The fraction of sp³-hybridized carbons (Fsp3) is 0.565. The van der Waals surface area contributed by atoms with Crippen LogP contribution >= 0.6 is 0 Å². The van der Waals surface area contributed by atoms with E-state index in [0.29, 0.717) is 19.4 Å². The molecule has 8 nitrogen and oxygen atoms in total. The molecule has 3 atom stereocenters. The van der Waals surface area contributed by atoms with Crippen LogP contribution in [0.2, 0.25) is 0 Å². The van der Waals surface area contributed by atoms with Gasteiger partial charge in [0.15, 0.2) is 0 Å². The summed E-state index contributed by atoms with van der Waals surface area (Å²) in [5.41, 5.74) is 7.39. The van der Waals surface area contributed by atoms with E-state index in [-0.39, 0.29) is 23.8 Å². The smallest absolute Gasteiger partial charge is 0.312 e. The molecule has 1 aliphatic heterocycles. The molecule has 1 saturated heterocycles. The number of nitrogens with zero attached hydrogens (tertiary/aromatic N) is 4. The Morgan fingerprint density at radius 2 is 2.09 bits per heavy atom. The quantitative estimate of drug-likeness (QED) is 0.742. The first kappa shape index (κ1) is 22.2. The van der Waals surface area contributed by atoms with Gasteiger partial charge in [0.1, 0.15) is 11.9 Å². The van der Waals surface area contributed by atoms with E-state index in [1.165, 1.54) is 6.07 Å². The highest BCUT2D eigenvalue weighted by Crippen LogP contribution is 2.35. The van der Waals surface area contributed by atoms with Gasteiger partial charge < -0.3 is 16.0 Å². The Morgan fingerprint density at radius 3 is 2.81 bits per heavy atom. The van der Waals surface area contributed by atoms with E-state index < -0.39 is 17.5 Å². The Kier molecular flexibility index (Phi) is 5.92. The fourth-order valence-corrected chi connectivity index (χ4v) is 4.96. The molecule has 1 fully saturated rings. The second-order valence-corrected chi connectivity index (χ2v) is 9.89. The number of hydrogen-bond acceptors (Lipinski definition) is 4. The van der Waals surface area contributed by atoms with E-state index >= 15 is 0 Å². The number of carbonyl (C=O) groups excluding carboxylic acids is 2. The maximum absolute atomic E-state index is 14.1. The summed E-state index contributed by atoms with van der Waals surface area (Å²) in [6, 6.07) is 3.75. The predicted molar refractivity (Wildman–Crippen MR) is 117 cm³/mol. The van der Waals surface area contributed by atoms with Gasteiger partial charge in [-0.15, -0.1) is 5.10 Å². The summed E-state index contributed by atoms with van der Waals surface area (Å²) in [4.78, 5) is 26.6. The average Bonchev–Trinajstić information content (AvgIpc) is 3.44. The lowest BCUT2D eigenvalue weighted by atomic mass is 9.85. The van der Waals surface area contributed by atoms with Crippen LogP contribution in [-0.2, 0) is 17.6 Å². The monoisotopic (exact) mass is 442 g/mol. The molecule has 9 heteroatoms.